The molecule has 0 aromatic heterocycles. The first-order valence-electron chi connectivity index (χ1n) is 4.39. The molecule has 0 spiro atoms. The minimum atomic E-state index is 0. The molecule has 0 aliphatic carbocycles. The zero-order valence-electron chi connectivity index (χ0n) is 7.01. The quantitative estimate of drug-likeness (QED) is 0.625. The molecule has 4 heteroatoms. The van der Waals surface area contributed by atoms with Crippen LogP contribution in [0.4, 0.5) is 0 Å². The average molecular weight is 191 g/mol. The number of amides is 1. The predicted octanol–water partition coefficient (Wildman–Crippen LogP) is 0.296. The van der Waals surface area contributed by atoms with E-state index in [1.807, 2.05) is 0 Å². The summed E-state index contributed by atoms with van der Waals surface area (Å²) in [5, 5.41) is 6.24. The summed E-state index contributed by atoms with van der Waals surface area (Å²) in [5.74, 6) is 0.516. The number of hydrogen-bond donors (Lipinski definition) is 2. The Balaban J connectivity index is 0.000000720. The number of carbonyl (C=O) groups is 1. The molecule has 0 saturated carbocycles. The van der Waals surface area contributed by atoms with Crippen molar-refractivity contribution in [3.63, 3.8) is 0 Å². The molecule has 0 radical (unpaired) electrons. The molecule has 2 N–H and O–H groups in total. The van der Waals surface area contributed by atoms with E-state index in [1.54, 1.807) is 0 Å². The highest BCUT2D eigenvalue weighted by molar-refractivity contribution is 5.85. The maximum Gasteiger partial charge on any atom is 0.224 e. The molecule has 0 aromatic carbocycles. The van der Waals surface area contributed by atoms with Crippen LogP contribution >= 0.6 is 12.4 Å². The lowest BCUT2D eigenvalue weighted by Crippen LogP contribution is -2.35. The first-order chi connectivity index (χ1) is 5.38. The first-order valence-corrected chi connectivity index (χ1v) is 4.39. The van der Waals surface area contributed by atoms with Crippen molar-refractivity contribution < 1.29 is 4.79 Å². The number of rotatable bonds is 1. The van der Waals surface area contributed by atoms with E-state index in [4.69, 9.17) is 0 Å². The molecular weight excluding hydrogens is 176 g/mol. The van der Waals surface area contributed by atoms with Gasteiger partial charge >= 0.3 is 0 Å². The molecule has 2 fully saturated rings. The van der Waals surface area contributed by atoms with Gasteiger partial charge in [0.05, 0.1) is 5.92 Å². The Bertz CT molecular complexity index is 168. The third kappa shape index (κ3) is 1.72. The van der Waals surface area contributed by atoms with E-state index >= 15 is 0 Å². The molecule has 2 aliphatic heterocycles. The Morgan fingerprint density at radius 2 is 2.08 bits per heavy atom. The van der Waals surface area contributed by atoms with Crippen LogP contribution in [0.2, 0.25) is 0 Å². The fraction of sp³-hybridized carbons (Fsp3) is 0.875. The summed E-state index contributed by atoms with van der Waals surface area (Å²) in [6, 6.07) is 0.470. The second-order valence-electron chi connectivity index (χ2n) is 3.39. The van der Waals surface area contributed by atoms with Gasteiger partial charge in [0.25, 0.3) is 0 Å². The van der Waals surface area contributed by atoms with Crippen LogP contribution in [0.5, 0.6) is 0 Å². The predicted molar refractivity (Wildman–Crippen MR) is 49.4 cm³/mol. The maximum atomic E-state index is 11.2. The van der Waals surface area contributed by atoms with Crippen LogP contribution in [-0.2, 0) is 4.79 Å². The lowest BCUT2D eigenvalue weighted by molar-refractivity contribution is -0.123. The third-order valence-corrected chi connectivity index (χ3v) is 2.68. The van der Waals surface area contributed by atoms with Crippen LogP contribution in [-0.4, -0.2) is 25.0 Å². The van der Waals surface area contributed by atoms with Gasteiger partial charge in [0.1, 0.15) is 0 Å². The first kappa shape index (κ1) is 9.81. The standard InChI is InChI=1S/C8H14N2O.ClH/c11-8-6(3-5-10-8)7-2-1-4-9-7;/h6-7,9H,1-5H2,(H,10,11);1H. The van der Waals surface area contributed by atoms with E-state index in [0.717, 1.165) is 19.5 Å². The van der Waals surface area contributed by atoms with Crippen molar-refractivity contribution in [3.8, 4) is 0 Å². The van der Waals surface area contributed by atoms with Crippen LogP contribution in [0, 0.1) is 5.92 Å². The van der Waals surface area contributed by atoms with Crippen molar-refractivity contribution in [1.82, 2.24) is 10.6 Å². The Morgan fingerprint density at radius 3 is 2.58 bits per heavy atom. The van der Waals surface area contributed by atoms with E-state index in [9.17, 15) is 4.79 Å². The molecule has 70 valence electrons. The van der Waals surface area contributed by atoms with Crippen LogP contribution < -0.4 is 10.6 Å². The van der Waals surface area contributed by atoms with Crippen molar-refractivity contribution in [2.45, 2.75) is 25.3 Å². The average Bonchev–Trinajstić information content (AvgIpc) is 2.55. The van der Waals surface area contributed by atoms with Gasteiger partial charge in [0.15, 0.2) is 0 Å². The highest BCUT2D eigenvalue weighted by atomic mass is 35.5. The lowest BCUT2D eigenvalue weighted by atomic mass is 9.97. The molecule has 0 bridgehead atoms. The molecule has 0 aromatic rings. The van der Waals surface area contributed by atoms with Gasteiger partial charge in [0, 0.05) is 12.6 Å². The Hall–Kier alpha value is -0.280. The molecule has 2 atom stereocenters. The summed E-state index contributed by atoms with van der Waals surface area (Å²) < 4.78 is 0. The van der Waals surface area contributed by atoms with Gasteiger partial charge in [-0.1, -0.05) is 0 Å². The van der Waals surface area contributed by atoms with Crippen LogP contribution in [0.25, 0.3) is 0 Å². The van der Waals surface area contributed by atoms with E-state index in [0.29, 0.717) is 6.04 Å². The molecule has 2 heterocycles. The molecule has 2 aliphatic rings. The van der Waals surface area contributed by atoms with Crippen molar-refractivity contribution >= 4 is 18.3 Å². The smallest absolute Gasteiger partial charge is 0.224 e. The molecule has 2 unspecified atom stereocenters. The normalized spacial score (nSPS) is 34.5. The van der Waals surface area contributed by atoms with Gasteiger partial charge < -0.3 is 10.6 Å². The number of halogens is 1. The SMILES string of the molecule is Cl.O=C1NCCC1C1CCCN1. The summed E-state index contributed by atoms with van der Waals surface area (Å²) in [6.45, 7) is 1.97. The fourth-order valence-corrected chi connectivity index (χ4v) is 2.05. The second kappa shape index (κ2) is 4.10. The van der Waals surface area contributed by atoms with Gasteiger partial charge in [-0.05, 0) is 25.8 Å². The summed E-state index contributed by atoms with van der Waals surface area (Å²) in [7, 11) is 0. The summed E-state index contributed by atoms with van der Waals surface area (Å²) >= 11 is 0. The topological polar surface area (TPSA) is 41.1 Å². The van der Waals surface area contributed by atoms with E-state index in [-0.39, 0.29) is 24.2 Å². The van der Waals surface area contributed by atoms with Crippen molar-refractivity contribution in [2.24, 2.45) is 5.92 Å². The number of carbonyl (C=O) groups excluding carboxylic acids is 1. The van der Waals surface area contributed by atoms with Crippen LogP contribution in [0.1, 0.15) is 19.3 Å². The Kier molecular flexibility index (Phi) is 3.35. The monoisotopic (exact) mass is 190 g/mol. The third-order valence-electron chi connectivity index (χ3n) is 2.68. The molecule has 12 heavy (non-hydrogen) atoms. The molecule has 3 nitrogen and oxygen atoms in total. The van der Waals surface area contributed by atoms with E-state index < -0.39 is 0 Å². The Labute approximate surface area is 78.7 Å². The van der Waals surface area contributed by atoms with Gasteiger partial charge in [-0.15, -0.1) is 12.4 Å². The van der Waals surface area contributed by atoms with Crippen molar-refractivity contribution in [3.05, 3.63) is 0 Å². The van der Waals surface area contributed by atoms with Gasteiger partial charge in [-0.2, -0.15) is 0 Å². The maximum absolute atomic E-state index is 11.2. The van der Waals surface area contributed by atoms with Crippen molar-refractivity contribution in [2.75, 3.05) is 13.1 Å². The highest BCUT2D eigenvalue weighted by Gasteiger charge is 2.33. The summed E-state index contributed by atoms with van der Waals surface area (Å²) in [4.78, 5) is 11.2. The van der Waals surface area contributed by atoms with Gasteiger partial charge in [-0.25, -0.2) is 0 Å². The minimum Gasteiger partial charge on any atom is -0.356 e. The van der Waals surface area contributed by atoms with Gasteiger partial charge in [-0.3, -0.25) is 4.79 Å². The number of hydrogen-bond acceptors (Lipinski definition) is 2. The minimum absolute atomic E-state index is 0. The zero-order valence-corrected chi connectivity index (χ0v) is 7.82. The molecule has 1 amide bonds. The highest BCUT2D eigenvalue weighted by Crippen LogP contribution is 2.20. The summed E-state index contributed by atoms with van der Waals surface area (Å²) in [6.07, 6.45) is 3.43. The largest absolute Gasteiger partial charge is 0.356 e. The number of nitrogens with one attached hydrogen (secondary N) is 2. The van der Waals surface area contributed by atoms with E-state index in [1.165, 1.54) is 12.8 Å². The Morgan fingerprint density at radius 1 is 1.25 bits per heavy atom. The van der Waals surface area contributed by atoms with Crippen LogP contribution in [0.15, 0.2) is 0 Å². The zero-order chi connectivity index (χ0) is 7.68. The van der Waals surface area contributed by atoms with Gasteiger partial charge in [0.2, 0.25) is 5.91 Å². The van der Waals surface area contributed by atoms with Crippen LogP contribution in [0.3, 0.4) is 0 Å². The fourth-order valence-electron chi connectivity index (χ4n) is 2.05. The molecule has 2 saturated heterocycles. The summed E-state index contributed by atoms with van der Waals surface area (Å²) in [5.41, 5.74) is 0. The van der Waals surface area contributed by atoms with Crippen molar-refractivity contribution in [1.29, 1.82) is 0 Å². The van der Waals surface area contributed by atoms with E-state index in [2.05, 4.69) is 10.6 Å². The lowest BCUT2D eigenvalue weighted by Gasteiger charge is -2.14. The molecular formula is C8H15ClN2O. The molecule has 2 rings (SSSR count). The second-order valence-corrected chi connectivity index (χ2v) is 3.39.